The molecule has 9 aromatic rings. The fraction of sp³-hybridized carbons (Fsp3) is 0. The van der Waals surface area contributed by atoms with Gasteiger partial charge in [0, 0.05) is 22.1 Å². The van der Waals surface area contributed by atoms with Gasteiger partial charge in [-0.3, -0.25) is 0 Å². The van der Waals surface area contributed by atoms with Crippen molar-refractivity contribution in [3.05, 3.63) is 164 Å². The van der Waals surface area contributed by atoms with Crippen LogP contribution in [0.3, 0.4) is 0 Å². The normalized spacial score (nSPS) is 11.6. The molecule has 0 aliphatic carbocycles. The molecule has 0 radical (unpaired) electrons. The minimum absolute atomic E-state index is 0.874. The van der Waals surface area contributed by atoms with Crippen molar-refractivity contribution in [3.63, 3.8) is 0 Å². The van der Waals surface area contributed by atoms with Crippen molar-refractivity contribution in [1.29, 1.82) is 0 Å². The Balaban J connectivity index is 1.38. The molecule has 0 spiro atoms. The number of benzene rings is 8. The zero-order valence-electron chi connectivity index (χ0n) is 23.9. The third-order valence-electron chi connectivity index (χ3n) is 8.79. The molecule has 0 N–H and O–H groups in total. The van der Waals surface area contributed by atoms with Crippen molar-refractivity contribution in [3.8, 4) is 11.1 Å². The highest BCUT2D eigenvalue weighted by atomic mass is 16.3. The highest BCUT2D eigenvalue weighted by molar-refractivity contribution is 6.22. The molecule has 9 rings (SSSR count). The van der Waals surface area contributed by atoms with Crippen LogP contribution in [0.2, 0.25) is 0 Å². The Kier molecular flexibility index (Phi) is 5.54. The van der Waals surface area contributed by atoms with Gasteiger partial charge in [0.25, 0.3) is 0 Å². The molecule has 2 nitrogen and oxygen atoms in total. The smallest absolute Gasteiger partial charge is 0.143 e. The maximum atomic E-state index is 6.73. The molecule has 0 aliphatic heterocycles. The van der Waals surface area contributed by atoms with Crippen LogP contribution in [0.15, 0.2) is 168 Å². The van der Waals surface area contributed by atoms with Crippen LogP contribution < -0.4 is 4.90 Å². The van der Waals surface area contributed by atoms with Crippen molar-refractivity contribution in [2.45, 2.75) is 0 Å². The molecule has 0 fully saturated rings. The Hall–Kier alpha value is -5.86. The molecule has 0 amide bonds. The first-order valence-corrected chi connectivity index (χ1v) is 15.0. The van der Waals surface area contributed by atoms with Gasteiger partial charge in [-0.25, -0.2) is 0 Å². The topological polar surface area (TPSA) is 16.4 Å². The number of hydrogen-bond acceptors (Lipinski definition) is 2. The number of fused-ring (bicyclic) bond motifs is 7. The summed E-state index contributed by atoms with van der Waals surface area (Å²) >= 11 is 0. The van der Waals surface area contributed by atoms with E-state index < -0.39 is 0 Å². The molecular formula is C42H27NO. The van der Waals surface area contributed by atoms with Gasteiger partial charge < -0.3 is 9.32 Å². The first-order valence-electron chi connectivity index (χ1n) is 15.0. The largest absolute Gasteiger partial charge is 0.455 e. The van der Waals surface area contributed by atoms with Crippen molar-refractivity contribution < 1.29 is 4.42 Å². The van der Waals surface area contributed by atoms with Crippen molar-refractivity contribution in [2.24, 2.45) is 0 Å². The average molecular weight is 562 g/mol. The highest BCUT2D eigenvalue weighted by Gasteiger charge is 2.22. The van der Waals surface area contributed by atoms with E-state index in [1.807, 2.05) is 0 Å². The summed E-state index contributed by atoms with van der Waals surface area (Å²) in [5.41, 5.74) is 7.47. The van der Waals surface area contributed by atoms with E-state index in [1.165, 1.54) is 38.1 Å². The SMILES string of the molecule is c1ccc(-c2cc3c(oc4cccc(N(c5ccc6ccccc6c5)c5ccc6ccccc6c5)c43)c3ccccc23)cc1. The Labute approximate surface area is 255 Å². The molecule has 1 aromatic heterocycles. The summed E-state index contributed by atoms with van der Waals surface area (Å²) in [6, 6.07) is 58.5. The van der Waals surface area contributed by atoms with Crippen LogP contribution in [0.25, 0.3) is 65.4 Å². The summed E-state index contributed by atoms with van der Waals surface area (Å²) < 4.78 is 6.73. The summed E-state index contributed by atoms with van der Waals surface area (Å²) in [5.74, 6) is 0. The Morgan fingerprint density at radius 1 is 0.409 bits per heavy atom. The summed E-state index contributed by atoms with van der Waals surface area (Å²) in [4.78, 5) is 2.38. The number of furan rings is 1. The lowest BCUT2D eigenvalue weighted by Gasteiger charge is -2.27. The number of rotatable bonds is 4. The molecular weight excluding hydrogens is 534 g/mol. The lowest BCUT2D eigenvalue weighted by Crippen LogP contribution is -2.10. The van der Waals surface area contributed by atoms with Crippen molar-refractivity contribution >= 4 is 71.3 Å². The van der Waals surface area contributed by atoms with Gasteiger partial charge in [0.1, 0.15) is 11.2 Å². The zero-order chi connectivity index (χ0) is 29.0. The fourth-order valence-corrected chi connectivity index (χ4v) is 6.73. The standard InChI is InChI=1S/C42H27NO/c1-2-13-30(14-3-1)37-27-38-41-39(19-10-20-40(41)44-42(38)36-18-9-8-17-35(36)37)43(33-23-21-28-11-4-6-15-31(28)25-33)34-24-22-29-12-5-7-16-32(29)26-34/h1-27H. The van der Waals surface area contributed by atoms with Crippen LogP contribution in [0.4, 0.5) is 17.1 Å². The third-order valence-corrected chi connectivity index (χ3v) is 8.79. The predicted molar refractivity (Wildman–Crippen MR) is 186 cm³/mol. The summed E-state index contributed by atoms with van der Waals surface area (Å²) in [6.07, 6.45) is 0. The summed E-state index contributed by atoms with van der Waals surface area (Å²) in [6.45, 7) is 0. The molecule has 206 valence electrons. The number of nitrogens with zero attached hydrogens (tertiary/aromatic N) is 1. The molecule has 0 atom stereocenters. The molecule has 0 unspecified atom stereocenters. The van der Waals surface area contributed by atoms with Crippen LogP contribution >= 0.6 is 0 Å². The van der Waals surface area contributed by atoms with Crippen LogP contribution in [0.5, 0.6) is 0 Å². The Morgan fingerprint density at radius 2 is 1.00 bits per heavy atom. The minimum Gasteiger partial charge on any atom is -0.455 e. The minimum atomic E-state index is 0.874. The van der Waals surface area contributed by atoms with E-state index in [2.05, 4.69) is 169 Å². The zero-order valence-corrected chi connectivity index (χ0v) is 23.9. The predicted octanol–water partition coefficient (Wildman–Crippen LogP) is 12.2. The van der Waals surface area contributed by atoms with E-state index in [0.717, 1.165) is 44.4 Å². The summed E-state index contributed by atoms with van der Waals surface area (Å²) in [7, 11) is 0. The first-order chi connectivity index (χ1) is 21.8. The average Bonchev–Trinajstić information content (AvgIpc) is 3.48. The van der Waals surface area contributed by atoms with Crippen molar-refractivity contribution in [1.82, 2.24) is 0 Å². The lowest BCUT2D eigenvalue weighted by molar-refractivity contribution is 0.672. The molecule has 44 heavy (non-hydrogen) atoms. The van der Waals surface area contributed by atoms with Gasteiger partial charge in [-0.15, -0.1) is 0 Å². The van der Waals surface area contributed by atoms with E-state index >= 15 is 0 Å². The van der Waals surface area contributed by atoms with Gasteiger partial charge in [-0.05, 0) is 80.5 Å². The molecule has 0 aliphatic rings. The molecule has 2 heteroatoms. The quantitative estimate of drug-likeness (QED) is 0.212. The van der Waals surface area contributed by atoms with Gasteiger partial charge in [-0.1, -0.05) is 121 Å². The molecule has 0 bridgehead atoms. The van der Waals surface area contributed by atoms with E-state index in [0.29, 0.717) is 0 Å². The second-order valence-electron chi connectivity index (χ2n) is 11.4. The van der Waals surface area contributed by atoms with Crippen LogP contribution in [0.1, 0.15) is 0 Å². The Bertz CT molecular complexity index is 2430. The van der Waals surface area contributed by atoms with Crippen LogP contribution in [-0.2, 0) is 0 Å². The number of hydrogen-bond donors (Lipinski definition) is 0. The second kappa shape index (κ2) is 9.86. The molecule has 1 heterocycles. The monoisotopic (exact) mass is 561 g/mol. The van der Waals surface area contributed by atoms with Crippen LogP contribution in [-0.4, -0.2) is 0 Å². The fourth-order valence-electron chi connectivity index (χ4n) is 6.73. The van der Waals surface area contributed by atoms with Gasteiger partial charge in [0.05, 0.1) is 11.1 Å². The molecule has 8 aromatic carbocycles. The van der Waals surface area contributed by atoms with Gasteiger partial charge in [-0.2, -0.15) is 0 Å². The summed E-state index contributed by atoms with van der Waals surface area (Å²) in [5, 5.41) is 9.38. The maximum absolute atomic E-state index is 6.73. The molecule has 0 saturated carbocycles. The van der Waals surface area contributed by atoms with E-state index in [-0.39, 0.29) is 0 Å². The van der Waals surface area contributed by atoms with Gasteiger partial charge in [0.2, 0.25) is 0 Å². The van der Waals surface area contributed by atoms with Gasteiger partial charge in [0.15, 0.2) is 0 Å². The first kappa shape index (κ1) is 24.7. The Morgan fingerprint density at radius 3 is 1.68 bits per heavy atom. The van der Waals surface area contributed by atoms with E-state index in [9.17, 15) is 0 Å². The van der Waals surface area contributed by atoms with Crippen molar-refractivity contribution in [2.75, 3.05) is 4.90 Å². The van der Waals surface area contributed by atoms with Crippen LogP contribution in [0, 0.1) is 0 Å². The second-order valence-corrected chi connectivity index (χ2v) is 11.4. The lowest BCUT2D eigenvalue weighted by atomic mass is 9.95. The maximum Gasteiger partial charge on any atom is 0.143 e. The van der Waals surface area contributed by atoms with E-state index in [1.54, 1.807) is 0 Å². The third kappa shape index (κ3) is 3.89. The molecule has 0 saturated heterocycles. The number of anilines is 3. The van der Waals surface area contributed by atoms with E-state index in [4.69, 9.17) is 4.42 Å². The highest BCUT2D eigenvalue weighted by Crippen LogP contribution is 2.46. The van der Waals surface area contributed by atoms with Gasteiger partial charge >= 0.3 is 0 Å².